The lowest BCUT2D eigenvalue weighted by molar-refractivity contribution is 0.0687. The van der Waals surface area contributed by atoms with Gasteiger partial charge in [-0.3, -0.25) is 4.79 Å². The Bertz CT molecular complexity index is 1680. The smallest absolute Gasteiger partial charge is 0.278 e. The summed E-state index contributed by atoms with van der Waals surface area (Å²) in [5, 5.41) is 13.7. The first-order valence-corrected chi connectivity index (χ1v) is 11.8. The number of hydrogen-bond acceptors (Lipinski definition) is 9. The number of rotatable bonds is 8. The van der Waals surface area contributed by atoms with Gasteiger partial charge in [-0.05, 0) is 38.1 Å². The first-order chi connectivity index (χ1) is 18.3. The van der Waals surface area contributed by atoms with Crippen molar-refractivity contribution in [3.63, 3.8) is 0 Å². The topological polar surface area (TPSA) is 133 Å². The van der Waals surface area contributed by atoms with Crippen LogP contribution < -0.4 is 15.6 Å². The van der Waals surface area contributed by atoms with Gasteiger partial charge in [0.2, 0.25) is 5.95 Å². The quantitative estimate of drug-likeness (QED) is 0.300. The van der Waals surface area contributed by atoms with E-state index in [0.29, 0.717) is 45.6 Å². The van der Waals surface area contributed by atoms with Gasteiger partial charge in [-0.15, -0.1) is 6.58 Å². The van der Waals surface area contributed by atoms with Gasteiger partial charge in [-0.1, -0.05) is 18.2 Å². The first kappa shape index (κ1) is 24.8. The highest BCUT2D eigenvalue weighted by molar-refractivity contribution is 5.77. The number of methoxy groups -OCH3 is 1. The van der Waals surface area contributed by atoms with Crippen molar-refractivity contribution in [1.82, 2.24) is 34.3 Å². The zero-order valence-corrected chi connectivity index (χ0v) is 21.2. The number of nitrogens with zero attached hydrogens (tertiary/aromatic N) is 7. The molecule has 0 aliphatic carbocycles. The zero-order chi connectivity index (χ0) is 26.9. The number of fused-ring (bicyclic) bond motifs is 1. The molecule has 0 radical (unpaired) electrons. The van der Waals surface area contributed by atoms with Gasteiger partial charge in [-0.2, -0.15) is 4.98 Å². The summed E-state index contributed by atoms with van der Waals surface area (Å²) in [7, 11) is 1.59. The summed E-state index contributed by atoms with van der Waals surface area (Å²) in [6, 6.07) is 12.8. The highest BCUT2D eigenvalue weighted by Crippen LogP contribution is 2.23. The fourth-order valence-electron chi connectivity index (χ4n) is 3.92. The Kier molecular flexibility index (Phi) is 6.43. The van der Waals surface area contributed by atoms with Gasteiger partial charge in [0, 0.05) is 35.9 Å². The average Bonchev–Trinajstić information content (AvgIpc) is 3.19. The van der Waals surface area contributed by atoms with Gasteiger partial charge in [0.05, 0.1) is 19.3 Å². The molecule has 0 fully saturated rings. The molecule has 5 aromatic rings. The van der Waals surface area contributed by atoms with E-state index >= 15 is 0 Å². The molecule has 0 bridgehead atoms. The van der Waals surface area contributed by atoms with Crippen molar-refractivity contribution >= 4 is 22.7 Å². The Morgan fingerprint density at radius 3 is 2.55 bits per heavy atom. The standard InChI is InChI=1S/C27H26N8O3/c1-5-12-34-24(36)20-16-30-26(31-18-8-6-9-19(13-18)38-4)33-23(20)35(34)22-11-7-10-21(32-22)17-14-28-25(29-15-17)27(2,3)37/h5-11,13-16,37H,1,12H2,2-4H3,(H,30,31,33). The Hall–Kier alpha value is -4.90. The molecule has 5 rings (SSSR count). The molecule has 0 spiro atoms. The fraction of sp³-hybridized carbons (Fsp3) is 0.185. The monoisotopic (exact) mass is 510 g/mol. The van der Waals surface area contributed by atoms with Crippen LogP contribution >= 0.6 is 0 Å². The van der Waals surface area contributed by atoms with Crippen molar-refractivity contribution in [2.75, 3.05) is 12.4 Å². The summed E-state index contributed by atoms with van der Waals surface area (Å²) < 4.78 is 8.44. The van der Waals surface area contributed by atoms with Crippen molar-refractivity contribution in [3.05, 3.63) is 89.9 Å². The maximum atomic E-state index is 13.3. The molecule has 1 aromatic carbocycles. The first-order valence-electron chi connectivity index (χ1n) is 11.8. The summed E-state index contributed by atoms with van der Waals surface area (Å²) in [5.74, 6) is 1.77. The maximum Gasteiger partial charge on any atom is 0.278 e. The number of benzene rings is 1. The fourth-order valence-corrected chi connectivity index (χ4v) is 3.92. The number of anilines is 2. The van der Waals surface area contributed by atoms with Gasteiger partial charge < -0.3 is 15.2 Å². The summed E-state index contributed by atoms with van der Waals surface area (Å²) in [4.78, 5) is 35.6. The van der Waals surface area contributed by atoms with E-state index < -0.39 is 5.60 Å². The van der Waals surface area contributed by atoms with Crippen LogP contribution in [0.3, 0.4) is 0 Å². The molecule has 38 heavy (non-hydrogen) atoms. The van der Waals surface area contributed by atoms with Crippen LogP contribution in [0.2, 0.25) is 0 Å². The second-order valence-corrected chi connectivity index (χ2v) is 9.01. The molecule has 11 heteroatoms. The van der Waals surface area contributed by atoms with Crippen LogP contribution in [0.4, 0.5) is 11.6 Å². The van der Waals surface area contributed by atoms with E-state index in [0.717, 1.165) is 5.69 Å². The van der Waals surface area contributed by atoms with Crippen LogP contribution in [0.25, 0.3) is 28.1 Å². The minimum Gasteiger partial charge on any atom is -0.497 e. The second-order valence-electron chi connectivity index (χ2n) is 9.01. The van der Waals surface area contributed by atoms with E-state index in [1.807, 2.05) is 36.4 Å². The molecule has 192 valence electrons. The van der Waals surface area contributed by atoms with Crippen LogP contribution in [-0.4, -0.2) is 46.5 Å². The molecule has 0 unspecified atom stereocenters. The highest BCUT2D eigenvalue weighted by Gasteiger charge is 2.20. The molecule has 4 heterocycles. The molecular weight excluding hydrogens is 484 g/mol. The SMILES string of the molecule is C=CCn1c(=O)c2cnc(Nc3cccc(OC)c3)nc2n1-c1cccc(-c2cnc(C(C)(C)O)nc2)n1. The van der Waals surface area contributed by atoms with Crippen molar-refractivity contribution in [3.8, 4) is 22.8 Å². The van der Waals surface area contributed by atoms with Crippen LogP contribution in [0, 0.1) is 0 Å². The van der Waals surface area contributed by atoms with E-state index in [1.54, 1.807) is 50.2 Å². The molecule has 11 nitrogen and oxygen atoms in total. The Morgan fingerprint density at radius 2 is 1.84 bits per heavy atom. The minimum absolute atomic E-state index is 0.239. The van der Waals surface area contributed by atoms with Crippen molar-refractivity contribution < 1.29 is 9.84 Å². The molecular formula is C27H26N8O3. The predicted molar refractivity (Wildman–Crippen MR) is 144 cm³/mol. The summed E-state index contributed by atoms with van der Waals surface area (Å²) >= 11 is 0. The molecule has 4 aromatic heterocycles. The van der Waals surface area contributed by atoms with Crippen LogP contribution in [0.15, 0.2) is 78.5 Å². The van der Waals surface area contributed by atoms with Gasteiger partial charge in [-0.25, -0.2) is 29.3 Å². The number of allylic oxidation sites excluding steroid dienone is 1. The molecule has 0 saturated carbocycles. The Labute approximate surface area is 218 Å². The lowest BCUT2D eigenvalue weighted by Gasteiger charge is -2.15. The lowest BCUT2D eigenvalue weighted by atomic mass is 10.1. The van der Waals surface area contributed by atoms with Crippen molar-refractivity contribution in [1.29, 1.82) is 0 Å². The Morgan fingerprint density at radius 1 is 1.08 bits per heavy atom. The maximum absolute atomic E-state index is 13.3. The predicted octanol–water partition coefficient (Wildman–Crippen LogP) is 3.60. The molecule has 0 aliphatic heterocycles. The van der Waals surface area contributed by atoms with Gasteiger partial charge in [0.25, 0.3) is 5.56 Å². The zero-order valence-electron chi connectivity index (χ0n) is 21.2. The average molecular weight is 511 g/mol. The number of aliphatic hydroxyl groups is 1. The molecule has 0 saturated heterocycles. The van der Waals surface area contributed by atoms with Gasteiger partial charge >= 0.3 is 0 Å². The number of hydrogen-bond donors (Lipinski definition) is 2. The molecule has 2 N–H and O–H groups in total. The van der Waals surface area contributed by atoms with E-state index in [9.17, 15) is 9.90 Å². The third-order valence-electron chi connectivity index (χ3n) is 5.75. The van der Waals surface area contributed by atoms with Gasteiger partial charge in [0.15, 0.2) is 17.3 Å². The van der Waals surface area contributed by atoms with Crippen LogP contribution in [0.5, 0.6) is 5.75 Å². The van der Waals surface area contributed by atoms with E-state index in [4.69, 9.17) is 9.72 Å². The largest absolute Gasteiger partial charge is 0.497 e. The van der Waals surface area contributed by atoms with E-state index in [1.165, 1.54) is 10.9 Å². The number of aromatic nitrogens is 7. The normalized spacial score (nSPS) is 11.5. The molecule has 0 amide bonds. The number of ether oxygens (including phenoxy) is 1. The van der Waals surface area contributed by atoms with Crippen molar-refractivity contribution in [2.24, 2.45) is 0 Å². The lowest BCUT2D eigenvalue weighted by Crippen LogP contribution is -2.22. The van der Waals surface area contributed by atoms with Crippen LogP contribution in [-0.2, 0) is 12.1 Å². The Balaban J connectivity index is 1.61. The minimum atomic E-state index is -1.16. The van der Waals surface area contributed by atoms with E-state index in [-0.39, 0.29) is 12.1 Å². The van der Waals surface area contributed by atoms with Crippen LogP contribution in [0.1, 0.15) is 19.7 Å². The summed E-state index contributed by atoms with van der Waals surface area (Å²) in [6.07, 6.45) is 6.34. The molecule has 0 atom stereocenters. The van der Waals surface area contributed by atoms with Gasteiger partial charge in [0.1, 0.15) is 16.7 Å². The molecule has 0 aliphatic rings. The highest BCUT2D eigenvalue weighted by atomic mass is 16.5. The summed E-state index contributed by atoms with van der Waals surface area (Å²) in [5.41, 5.74) is 0.942. The third kappa shape index (κ3) is 4.74. The second kappa shape index (κ2) is 9.87. The van der Waals surface area contributed by atoms with E-state index in [2.05, 4.69) is 31.8 Å². The number of pyridine rings is 1. The third-order valence-corrected chi connectivity index (χ3v) is 5.75. The van der Waals surface area contributed by atoms with Crippen molar-refractivity contribution in [2.45, 2.75) is 26.0 Å². The number of nitrogens with one attached hydrogen (secondary N) is 1. The summed E-state index contributed by atoms with van der Waals surface area (Å²) in [6.45, 7) is 7.28.